The largest absolute Gasteiger partial charge is 0.380 e. The molecule has 2 aromatic carbocycles. The van der Waals surface area contributed by atoms with E-state index < -0.39 is 0 Å². The summed E-state index contributed by atoms with van der Waals surface area (Å²) in [5.41, 5.74) is 9.02. The number of anilines is 1. The van der Waals surface area contributed by atoms with Crippen LogP contribution in [0.3, 0.4) is 0 Å². The highest BCUT2D eigenvalue weighted by Gasteiger charge is 2.01. The van der Waals surface area contributed by atoms with Crippen LogP contribution in [0.2, 0.25) is 0 Å². The minimum absolute atomic E-state index is 0.390. The fourth-order valence-electron chi connectivity index (χ4n) is 2.01. The monoisotopic (exact) mass is 295 g/mol. The van der Waals surface area contributed by atoms with Crippen molar-refractivity contribution in [3.05, 3.63) is 71.8 Å². The number of hydrogen-bond donors (Lipinski definition) is 2. The van der Waals surface area contributed by atoms with Crippen molar-refractivity contribution in [3.63, 3.8) is 0 Å². The third-order valence-corrected chi connectivity index (χ3v) is 3.06. The minimum atomic E-state index is 0.390. The van der Waals surface area contributed by atoms with E-state index in [0.29, 0.717) is 19.1 Å². The number of methoxy groups -OCH3 is 1. The fraction of sp³-hybridized carbons (Fsp3) is 0.167. The average Bonchev–Trinajstić information content (AvgIpc) is 2.55. The summed E-state index contributed by atoms with van der Waals surface area (Å²) in [5, 5.41) is 3.11. The number of ether oxygens (including phenoxy) is 1. The van der Waals surface area contributed by atoms with Crippen LogP contribution in [-0.4, -0.2) is 19.6 Å². The molecular weight excluding hydrogens is 274 g/mol. The Bertz CT molecular complexity index is 636. The van der Waals surface area contributed by atoms with Gasteiger partial charge in [0.2, 0.25) is 0 Å². The number of guanidine groups is 1. The van der Waals surface area contributed by atoms with E-state index in [1.807, 2.05) is 66.7 Å². The molecule has 0 atom stereocenters. The predicted molar refractivity (Wildman–Crippen MR) is 92.7 cm³/mol. The van der Waals surface area contributed by atoms with Crippen molar-refractivity contribution in [1.82, 2.24) is 0 Å². The van der Waals surface area contributed by atoms with Gasteiger partial charge in [-0.25, -0.2) is 4.99 Å². The van der Waals surface area contributed by atoms with E-state index in [0.717, 1.165) is 16.8 Å². The standard InChI is InChI=1S/C18H21N3O/c1-22-14-16-11-5-6-12-17(16)21-18(19)20-13-7-10-15-8-3-2-4-9-15/h2-12H,13-14H2,1H3,(H3,19,20,21). The molecule has 0 aromatic heterocycles. The lowest BCUT2D eigenvalue weighted by Gasteiger charge is -2.10. The Morgan fingerprint density at radius 3 is 2.64 bits per heavy atom. The van der Waals surface area contributed by atoms with E-state index >= 15 is 0 Å². The summed E-state index contributed by atoms with van der Waals surface area (Å²) < 4.78 is 5.17. The summed E-state index contributed by atoms with van der Waals surface area (Å²) in [4.78, 5) is 4.29. The maximum Gasteiger partial charge on any atom is 0.193 e. The number of rotatable bonds is 6. The Morgan fingerprint density at radius 1 is 1.14 bits per heavy atom. The van der Waals surface area contributed by atoms with Crippen LogP contribution in [0.5, 0.6) is 0 Å². The smallest absolute Gasteiger partial charge is 0.193 e. The molecule has 0 saturated heterocycles. The summed E-state index contributed by atoms with van der Waals surface area (Å²) in [6.07, 6.45) is 4.00. The molecule has 0 amide bonds. The number of benzene rings is 2. The first-order valence-corrected chi connectivity index (χ1v) is 7.15. The molecule has 0 bridgehead atoms. The Morgan fingerprint density at radius 2 is 1.86 bits per heavy atom. The Balaban J connectivity index is 1.92. The van der Waals surface area contributed by atoms with Gasteiger partial charge in [-0.3, -0.25) is 0 Å². The molecule has 2 rings (SSSR count). The van der Waals surface area contributed by atoms with E-state index in [4.69, 9.17) is 10.5 Å². The second-order valence-electron chi connectivity index (χ2n) is 4.75. The molecule has 4 nitrogen and oxygen atoms in total. The molecule has 0 radical (unpaired) electrons. The third kappa shape index (κ3) is 5.07. The van der Waals surface area contributed by atoms with Gasteiger partial charge in [-0.05, 0) is 11.6 Å². The van der Waals surface area contributed by atoms with Crippen molar-refractivity contribution >= 4 is 17.7 Å². The lowest BCUT2D eigenvalue weighted by atomic mass is 10.2. The summed E-state index contributed by atoms with van der Waals surface area (Å²) in [5.74, 6) is 0.390. The SMILES string of the molecule is COCc1ccccc1NC(N)=NCC=Cc1ccccc1. The van der Waals surface area contributed by atoms with Crippen molar-refractivity contribution < 1.29 is 4.74 Å². The average molecular weight is 295 g/mol. The Hall–Kier alpha value is -2.59. The molecule has 0 spiro atoms. The normalized spacial score (nSPS) is 11.8. The van der Waals surface area contributed by atoms with Crippen LogP contribution in [-0.2, 0) is 11.3 Å². The highest BCUT2D eigenvalue weighted by molar-refractivity contribution is 5.93. The van der Waals surface area contributed by atoms with Gasteiger partial charge in [-0.1, -0.05) is 60.7 Å². The van der Waals surface area contributed by atoms with Crippen LogP contribution in [0.25, 0.3) is 6.08 Å². The molecule has 2 aromatic rings. The van der Waals surface area contributed by atoms with Gasteiger partial charge >= 0.3 is 0 Å². The van der Waals surface area contributed by atoms with Crippen molar-refractivity contribution in [2.24, 2.45) is 10.7 Å². The molecule has 0 fully saturated rings. The van der Waals surface area contributed by atoms with E-state index in [9.17, 15) is 0 Å². The van der Waals surface area contributed by atoms with Crippen LogP contribution < -0.4 is 11.1 Å². The third-order valence-electron chi connectivity index (χ3n) is 3.06. The summed E-state index contributed by atoms with van der Waals surface area (Å²) >= 11 is 0. The first-order chi connectivity index (χ1) is 10.8. The molecule has 4 heteroatoms. The molecule has 114 valence electrons. The number of para-hydroxylation sites is 1. The topological polar surface area (TPSA) is 59.6 Å². The van der Waals surface area contributed by atoms with Gasteiger partial charge in [0.15, 0.2) is 5.96 Å². The highest BCUT2D eigenvalue weighted by atomic mass is 16.5. The minimum Gasteiger partial charge on any atom is -0.380 e. The van der Waals surface area contributed by atoms with Crippen LogP contribution in [0, 0.1) is 0 Å². The zero-order chi connectivity index (χ0) is 15.6. The molecular formula is C18H21N3O. The van der Waals surface area contributed by atoms with E-state index in [-0.39, 0.29) is 0 Å². The van der Waals surface area contributed by atoms with E-state index in [1.165, 1.54) is 0 Å². The molecule has 3 N–H and O–H groups in total. The molecule has 0 heterocycles. The van der Waals surface area contributed by atoms with Gasteiger partial charge in [0.25, 0.3) is 0 Å². The van der Waals surface area contributed by atoms with E-state index in [2.05, 4.69) is 10.3 Å². The molecule has 0 unspecified atom stereocenters. The highest BCUT2D eigenvalue weighted by Crippen LogP contribution is 2.15. The molecule has 0 saturated carbocycles. The zero-order valence-corrected chi connectivity index (χ0v) is 12.7. The zero-order valence-electron chi connectivity index (χ0n) is 12.7. The summed E-state index contributed by atoms with van der Waals surface area (Å²) in [6, 6.07) is 18.0. The lowest BCUT2D eigenvalue weighted by molar-refractivity contribution is 0.185. The van der Waals surface area contributed by atoms with Gasteiger partial charge in [-0.2, -0.15) is 0 Å². The first kappa shape index (κ1) is 15.8. The maximum atomic E-state index is 5.91. The maximum absolute atomic E-state index is 5.91. The second kappa shape index (κ2) is 8.64. The first-order valence-electron chi connectivity index (χ1n) is 7.15. The fourth-order valence-corrected chi connectivity index (χ4v) is 2.01. The van der Waals surface area contributed by atoms with Crippen LogP contribution >= 0.6 is 0 Å². The Kier molecular flexibility index (Phi) is 6.20. The Labute approximate surface area is 131 Å². The molecule has 0 aliphatic heterocycles. The van der Waals surface area contributed by atoms with Crippen molar-refractivity contribution in [3.8, 4) is 0 Å². The van der Waals surface area contributed by atoms with Gasteiger partial charge < -0.3 is 15.8 Å². The molecule has 22 heavy (non-hydrogen) atoms. The summed E-state index contributed by atoms with van der Waals surface area (Å²) in [7, 11) is 1.67. The van der Waals surface area contributed by atoms with Gasteiger partial charge in [0.1, 0.15) is 0 Å². The van der Waals surface area contributed by atoms with E-state index in [1.54, 1.807) is 7.11 Å². The van der Waals surface area contributed by atoms with Crippen molar-refractivity contribution in [2.45, 2.75) is 6.61 Å². The predicted octanol–water partition coefficient (Wildman–Crippen LogP) is 3.27. The summed E-state index contributed by atoms with van der Waals surface area (Å²) in [6.45, 7) is 1.06. The van der Waals surface area contributed by atoms with Crippen LogP contribution in [0.4, 0.5) is 5.69 Å². The number of hydrogen-bond acceptors (Lipinski definition) is 2. The lowest BCUT2D eigenvalue weighted by Crippen LogP contribution is -2.23. The molecule has 0 aliphatic carbocycles. The van der Waals surface area contributed by atoms with Crippen LogP contribution in [0.15, 0.2) is 65.7 Å². The number of nitrogens with one attached hydrogen (secondary N) is 1. The van der Waals surface area contributed by atoms with Gasteiger partial charge in [-0.15, -0.1) is 0 Å². The van der Waals surface area contributed by atoms with Gasteiger partial charge in [0, 0.05) is 18.4 Å². The number of nitrogens with two attached hydrogens (primary N) is 1. The van der Waals surface area contributed by atoms with Gasteiger partial charge in [0.05, 0.1) is 13.2 Å². The van der Waals surface area contributed by atoms with Crippen LogP contribution in [0.1, 0.15) is 11.1 Å². The second-order valence-corrected chi connectivity index (χ2v) is 4.75. The number of nitrogens with zero attached hydrogens (tertiary/aromatic N) is 1. The molecule has 0 aliphatic rings. The quantitative estimate of drug-likeness (QED) is 0.635. The number of aliphatic imine (C=N–C) groups is 1. The van der Waals surface area contributed by atoms with Crippen molar-refractivity contribution in [2.75, 3.05) is 19.0 Å². The van der Waals surface area contributed by atoms with Crippen molar-refractivity contribution in [1.29, 1.82) is 0 Å².